The molecule has 2 fully saturated rings. The van der Waals surface area contributed by atoms with Crippen LogP contribution in [0.3, 0.4) is 0 Å². The second-order valence-corrected chi connectivity index (χ2v) is 6.54. The van der Waals surface area contributed by atoms with Crippen LogP contribution in [0.25, 0.3) is 0 Å². The third-order valence-corrected chi connectivity index (χ3v) is 5.02. The molecular formula is C19H23N5O. The molecule has 6 heteroatoms. The quantitative estimate of drug-likeness (QED) is 0.835. The number of rotatable bonds is 4. The molecule has 1 aromatic heterocycles. The lowest BCUT2D eigenvalue weighted by atomic mass is 10.0. The monoisotopic (exact) mass is 337 g/mol. The first-order valence-electron chi connectivity index (χ1n) is 8.79. The van der Waals surface area contributed by atoms with Crippen LogP contribution in [-0.4, -0.2) is 53.6 Å². The summed E-state index contributed by atoms with van der Waals surface area (Å²) in [6.07, 6.45) is 10.6. The van der Waals surface area contributed by atoms with Gasteiger partial charge in [-0.2, -0.15) is 5.26 Å². The van der Waals surface area contributed by atoms with Crippen molar-refractivity contribution in [1.29, 1.82) is 5.26 Å². The van der Waals surface area contributed by atoms with Gasteiger partial charge in [0.05, 0.1) is 18.7 Å². The van der Waals surface area contributed by atoms with Crippen LogP contribution in [0.1, 0.15) is 25.7 Å². The minimum absolute atomic E-state index is 0.0702. The first-order valence-corrected chi connectivity index (χ1v) is 8.79. The van der Waals surface area contributed by atoms with E-state index >= 15 is 0 Å². The maximum Gasteiger partial charge on any atom is 0.238 e. The van der Waals surface area contributed by atoms with E-state index in [1.807, 2.05) is 24.4 Å². The van der Waals surface area contributed by atoms with Gasteiger partial charge in [0.25, 0.3) is 0 Å². The Labute approximate surface area is 148 Å². The van der Waals surface area contributed by atoms with Crippen LogP contribution in [0.5, 0.6) is 0 Å². The molecule has 0 aliphatic carbocycles. The molecular weight excluding hydrogens is 314 g/mol. The Bertz CT molecular complexity index is 647. The van der Waals surface area contributed by atoms with Crippen molar-refractivity contribution in [3.8, 4) is 18.4 Å². The Kier molecular flexibility index (Phi) is 5.53. The fraction of sp³-hybridized carbons (Fsp3) is 0.526. The molecule has 0 bridgehead atoms. The van der Waals surface area contributed by atoms with Crippen molar-refractivity contribution in [2.24, 2.45) is 0 Å². The highest BCUT2D eigenvalue weighted by molar-refractivity contribution is 5.80. The molecule has 0 saturated carbocycles. The second-order valence-electron chi connectivity index (χ2n) is 6.54. The minimum atomic E-state index is -0.388. The number of pyridine rings is 1. The Balaban J connectivity index is 1.48. The van der Waals surface area contributed by atoms with E-state index in [1.54, 1.807) is 4.90 Å². The molecule has 0 spiro atoms. The first kappa shape index (κ1) is 17.3. The third kappa shape index (κ3) is 3.92. The van der Waals surface area contributed by atoms with Gasteiger partial charge in [0.15, 0.2) is 0 Å². The molecule has 3 rings (SSSR count). The fourth-order valence-corrected chi connectivity index (χ4v) is 3.63. The van der Waals surface area contributed by atoms with E-state index in [0.29, 0.717) is 18.9 Å². The van der Waals surface area contributed by atoms with Crippen molar-refractivity contribution in [3.63, 3.8) is 0 Å². The van der Waals surface area contributed by atoms with Gasteiger partial charge in [-0.1, -0.05) is 12.0 Å². The zero-order chi connectivity index (χ0) is 17.6. The lowest BCUT2D eigenvalue weighted by molar-refractivity contribution is -0.131. The largest absolute Gasteiger partial charge is 0.357 e. The zero-order valence-corrected chi connectivity index (χ0v) is 14.3. The highest BCUT2D eigenvalue weighted by atomic mass is 16.2. The average Bonchev–Trinajstić information content (AvgIpc) is 3.10. The topological polar surface area (TPSA) is 72.3 Å². The van der Waals surface area contributed by atoms with Crippen molar-refractivity contribution in [2.75, 3.05) is 24.5 Å². The summed E-state index contributed by atoms with van der Waals surface area (Å²) in [6.45, 7) is 2.07. The number of nitrogens with zero attached hydrogens (tertiary/aromatic N) is 4. The highest BCUT2D eigenvalue weighted by Crippen LogP contribution is 2.23. The summed E-state index contributed by atoms with van der Waals surface area (Å²) >= 11 is 0. The number of terminal acetylenes is 1. The van der Waals surface area contributed by atoms with Crippen molar-refractivity contribution >= 4 is 11.7 Å². The van der Waals surface area contributed by atoms with Crippen molar-refractivity contribution in [2.45, 2.75) is 43.8 Å². The number of nitrogens with one attached hydrogen (secondary N) is 1. The van der Waals surface area contributed by atoms with Gasteiger partial charge in [-0.05, 0) is 37.8 Å². The fourth-order valence-electron chi connectivity index (χ4n) is 3.63. The Morgan fingerprint density at radius 1 is 1.28 bits per heavy atom. The number of hydrogen-bond donors (Lipinski definition) is 1. The van der Waals surface area contributed by atoms with Gasteiger partial charge < -0.3 is 15.1 Å². The highest BCUT2D eigenvalue weighted by Gasteiger charge is 2.35. The molecule has 1 aromatic rings. The number of carbonyl (C=O) groups excluding carboxylic acids is 1. The number of amides is 1. The summed E-state index contributed by atoms with van der Waals surface area (Å²) in [4.78, 5) is 20.7. The maximum absolute atomic E-state index is 12.5. The second kappa shape index (κ2) is 8.00. The number of nitriles is 1. The summed E-state index contributed by atoms with van der Waals surface area (Å²) in [5, 5.41) is 12.6. The van der Waals surface area contributed by atoms with Crippen molar-refractivity contribution < 1.29 is 4.79 Å². The van der Waals surface area contributed by atoms with E-state index in [9.17, 15) is 10.1 Å². The normalized spacial score (nSPS) is 23.9. The van der Waals surface area contributed by atoms with Crippen LogP contribution >= 0.6 is 0 Å². The standard InChI is InChI=1S/C19H23N5O/c1-2-16-6-7-17(13-20)24(16)19(25)14-22-15-8-11-23(12-9-15)18-5-3-4-10-21-18/h1,3-5,10,15-17,22H,6-9,11-12,14H2/t16?,17-/m0/s1. The Morgan fingerprint density at radius 3 is 2.68 bits per heavy atom. The third-order valence-electron chi connectivity index (χ3n) is 5.02. The molecule has 6 nitrogen and oxygen atoms in total. The van der Waals surface area contributed by atoms with Crippen LogP contribution in [0, 0.1) is 23.7 Å². The van der Waals surface area contributed by atoms with E-state index in [4.69, 9.17) is 6.42 Å². The molecule has 1 unspecified atom stereocenters. The molecule has 2 aliphatic heterocycles. The molecule has 1 N–H and O–H groups in total. The van der Waals surface area contributed by atoms with Crippen LogP contribution in [0.2, 0.25) is 0 Å². The molecule has 25 heavy (non-hydrogen) atoms. The van der Waals surface area contributed by atoms with Crippen molar-refractivity contribution in [1.82, 2.24) is 15.2 Å². The molecule has 2 saturated heterocycles. The predicted octanol–water partition coefficient (Wildman–Crippen LogP) is 1.16. The van der Waals surface area contributed by atoms with E-state index in [0.717, 1.165) is 31.7 Å². The molecule has 1 amide bonds. The van der Waals surface area contributed by atoms with Gasteiger partial charge in [0.2, 0.25) is 5.91 Å². The number of likely N-dealkylation sites (tertiary alicyclic amines) is 1. The Morgan fingerprint density at radius 2 is 2.04 bits per heavy atom. The maximum atomic E-state index is 12.5. The summed E-state index contributed by atoms with van der Waals surface area (Å²) < 4.78 is 0. The summed E-state index contributed by atoms with van der Waals surface area (Å²) in [6, 6.07) is 7.79. The lowest BCUT2D eigenvalue weighted by Gasteiger charge is -2.33. The van der Waals surface area contributed by atoms with Crippen molar-refractivity contribution in [3.05, 3.63) is 24.4 Å². The number of aromatic nitrogens is 1. The van der Waals surface area contributed by atoms with Gasteiger partial charge in [-0.25, -0.2) is 4.98 Å². The van der Waals surface area contributed by atoms with E-state index < -0.39 is 0 Å². The van der Waals surface area contributed by atoms with Crippen LogP contribution in [0.4, 0.5) is 5.82 Å². The van der Waals surface area contributed by atoms with Gasteiger partial charge in [-0.15, -0.1) is 6.42 Å². The summed E-state index contributed by atoms with van der Waals surface area (Å²) in [5.74, 6) is 3.57. The van der Waals surface area contributed by atoms with Crippen LogP contribution in [0.15, 0.2) is 24.4 Å². The molecule has 2 atom stereocenters. The van der Waals surface area contributed by atoms with Gasteiger partial charge >= 0.3 is 0 Å². The van der Waals surface area contributed by atoms with Crippen LogP contribution in [-0.2, 0) is 4.79 Å². The number of anilines is 1. The minimum Gasteiger partial charge on any atom is -0.357 e. The lowest BCUT2D eigenvalue weighted by Crippen LogP contribution is -2.49. The first-order chi connectivity index (χ1) is 12.2. The predicted molar refractivity (Wildman–Crippen MR) is 95.6 cm³/mol. The smallest absolute Gasteiger partial charge is 0.238 e. The average molecular weight is 337 g/mol. The molecule has 130 valence electrons. The van der Waals surface area contributed by atoms with Gasteiger partial charge in [0.1, 0.15) is 11.9 Å². The number of hydrogen-bond acceptors (Lipinski definition) is 5. The van der Waals surface area contributed by atoms with Gasteiger partial charge in [0, 0.05) is 25.3 Å². The molecule has 3 heterocycles. The van der Waals surface area contributed by atoms with Gasteiger partial charge in [-0.3, -0.25) is 4.79 Å². The molecule has 2 aliphatic rings. The molecule has 0 radical (unpaired) electrons. The zero-order valence-electron chi connectivity index (χ0n) is 14.3. The van der Waals surface area contributed by atoms with E-state index in [2.05, 4.69) is 27.2 Å². The molecule has 0 aromatic carbocycles. The number of piperidine rings is 1. The van der Waals surface area contributed by atoms with E-state index in [-0.39, 0.29) is 24.5 Å². The Hall–Kier alpha value is -2.57. The SMILES string of the molecule is C#CC1CC[C@@H](C#N)N1C(=O)CNC1CCN(c2ccccn2)CC1. The van der Waals surface area contributed by atoms with E-state index in [1.165, 1.54) is 0 Å². The summed E-state index contributed by atoms with van der Waals surface area (Å²) in [7, 11) is 0. The number of carbonyl (C=O) groups is 1. The van der Waals surface area contributed by atoms with Crippen LogP contribution < -0.4 is 10.2 Å². The summed E-state index contributed by atoms with van der Waals surface area (Å²) in [5.41, 5.74) is 0.